The highest BCUT2D eigenvalue weighted by molar-refractivity contribution is 5.14. The molecule has 2 nitrogen and oxygen atoms in total. The first kappa shape index (κ1) is 10.7. The molecule has 2 rings (SSSR count). The number of nitrogens with zero attached hydrogens (tertiary/aromatic N) is 2. The molecule has 0 spiro atoms. The van der Waals surface area contributed by atoms with Gasteiger partial charge in [-0.25, -0.2) is 0 Å². The maximum atomic E-state index is 2.52. The molecule has 1 saturated heterocycles. The van der Waals surface area contributed by atoms with Gasteiger partial charge in [-0.05, 0) is 25.6 Å². The third kappa shape index (κ3) is 3.05. The summed E-state index contributed by atoms with van der Waals surface area (Å²) in [7, 11) is 4.31. The van der Waals surface area contributed by atoms with Crippen molar-refractivity contribution in [2.45, 2.75) is 6.54 Å². The zero-order valence-electron chi connectivity index (χ0n) is 9.69. The maximum absolute atomic E-state index is 2.52. The van der Waals surface area contributed by atoms with Crippen molar-refractivity contribution in [2.75, 3.05) is 33.7 Å². The van der Waals surface area contributed by atoms with E-state index in [-0.39, 0.29) is 0 Å². The molecule has 2 heteroatoms. The molecular weight excluding hydrogens is 184 g/mol. The molecule has 1 aromatic carbocycles. The molecule has 0 bridgehead atoms. The fourth-order valence-electron chi connectivity index (χ4n) is 2.28. The van der Waals surface area contributed by atoms with Crippen molar-refractivity contribution in [1.82, 2.24) is 9.80 Å². The summed E-state index contributed by atoms with van der Waals surface area (Å²) in [4.78, 5) is 4.80. The Kier molecular flexibility index (Phi) is 3.39. The summed E-state index contributed by atoms with van der Waals surface area (Å²) < 4.78 is 0. The number of benzene rings is 1. The van der Waals surface area contributed by atoms with E-state index >= 15 is 0 Å². The number of likely N-dealkylation sites (tertiary alicyclic amines) is 1. The fraction of sp³-hybridized carbons (Fsp3) is 0.538. The van der Waals surface area contributed by atoms with E-state index in [1.165, 1.54) is 25.2 Å². The molecule has 0 N–H and O–H groups in total. The van der Waals surface area contributed by atoms with Crippen molar-refractivity contribution >= 4 is 0 Å². The number of hydrogen-bond acceptors (Lipinski definition) is 2. The maximum Gasteiger partial charge on any atom is 0.0234 e. The first-order chi connectivity index (χ1) is 7.24. The predicted octanol–water partition coefficient (Wildman–Crippen LogP) is 1.68. The lowest BCUT2D eigenvalue weighted by Crippen LogP contribution is -2.49. The van der Waals surface area contributed by atoms with Gasteiger partial charge < -0.3 is 4.90 Å². The molecule has 1 aliphatic heterocycles. The van der Waals surface area contributed by atoms with Gasteiger partial charge in [-0.2, -0.15) is 0 Å². The largest absolute Gasteiger partial charge is 0.309 e. The number of hydrogen-bond donors (Lipinski definition) is 0. The molecule has 0 radical (unpaired) electrons. The molecule has 1 fully saturated rings. The van der Waals surface area contributed by atoms with Crippen LogP contribution in [0.15, 0.2) is 30.3 Å². The Balaban J connectivity index is 1.72. The van der Waals surface area contributed by atoms with Gasteiger partial charge in [0.05, 0.1) is 0 Å². The van der Waals surface area contributed by atoms with Gasteiger partial charge in [-0.3, -0.25) is 4.90 Å². The van der Waals surface area contributed by atoms with Crippen LogP contribution in [0.4, 0.5) is 0 Å². The van der Waals surface area contributed by atoms with E-state index in [1.54, 1.807) is 0 Å². The molecule has 0 aliphatic carbocycles. The third-order valence-electron chi connectivity index (χ3n) is 2.91. The van der Waals surface area contributed by atoms with Crippen LogP contribution in [0.5, 0.6) is 0 Å². The first-order valence-corrected chi connectivity index (χ1v) is 5.65. The van der Waals surface area contributed by atoms with E-state index in [2.05, 4.69) is 54.2 Å². The summed E-state index contributed by atoms with van der Waals surface area (Å²) in [5.41, 5.74) is 1.43. The molecule has 0 atom stereocenters. The molecular formula is C13H20N2. The summed E-state index contributed by atoms with van der Waals surface area (Å²) in [6.45, 7) is 4.86. The average Bonchev–Trinajstić information content (AvgIpc) is 2.15. The van der Waals surface area contributed by atoms with Crippen molar-refractivity contribution in [3.63, 3.8) is 0 Å². The molecule has 0 aromatic heterocycles. The van der Waals surface area contributed by atoms with Gasteiger partial charge in [-0.15, -0.1) is 0 Å². The van der Waals surface area contributed by atoms with Gasteiger partial charge >= 0.3 is 0 Å². The molecule has 15 heavy (non-hydrogen) atoms. The van der Waals surface area contributed by atoms with Gasteiger partial charge in [0.2, 0.25) is 0 Å². The van der Waals surface area contributed by atoms with E-state index in [9.17, 15) is 0 Å². The van der Waals surface area contributed by atoms with E-state index in [4.69, 9.17) is 0 Å². The normalized spacial score (nSPS) is 18.1. The Bertz CT molecular complexity index is 289. The zero-order chi connectivity index (χ0) is 10.7. The third-order valence-corrected chi connectivity index (χ3v) is 2.91. The highest BCUT2D eigenvalue weighted by Crippen LogP contribution is 2.18. The summed E-state index contributed by atoms with van der Waals surface area (Å²) in [5, 5.41) is 0. The molecule has 0 saturated carbocycles. The monoisotopic (exact) mass is 204 g/mol. The SMILES string of the molecule is CN(C)CC1CN(Cc2ccccc2)C1. The van der Waals surface area contributed by atoms with Gasteiger partial charge in [0, 0.05) is 26.2 Å². The van der Waals surface area contributed by atoms with Crippen molar-refractivity contribution < 1.29 is 0 Å². The second-order valence-electron chi connectivity index (χ2n) is 4.81. The van der Waals surface area contributed by atoms with E-state index in [0.717, 1.165) is 12.5 Å². The van der Waals surface area contributed by atoms with Crippen LogP contribution >= 0.6 is 0 Å². The van der Waals surface area contributed by atoms with E-state index in [1.807, 2.05) is 0 Å². The molecule has 82 valence electrons. The van der Waals surface area contributed by atoms with Crippen LogP contribution in [0.25, 0.3) is 0 Å². The minimum atomic E-state index is 0.878. The Morgan fingerprint density at radius 1 is 1.20 bits per heavy atom. The zero-order valence-corrected chi connectivity index (χ0v) is 9.69. The van der Waals surface area contributed by atoms with Crippen LogP contribution in [-0.4, -0.2) is 43.5 Å². The average molecular weight is 204 g/mol. The van der Waals surface area contributed by atoms with Crippen LogP contribution in [0.3, 0.4) is 0 Å². The second kappa shape index (κ2) is 4.77. The van der Waals surface area contributed by atoms with Gasteiger partial charge in [0.1, 0.15) is 0 Å². The summed E-state index contributed by atoms with van der Waals surface area (Å²) in [6, 6.07) is 10.7. The van der Waals surface area contributed by atoms with Gasteiger partial charge in [-0.1, -0.05) is 30.3 Å². The molecule has 1 aromatic rings. The van der Waals surface area contributed by atoms with Crippen molar-refractivity contribution in [1.29, 1.82) is 0 Å². The van der Waals surface area contributed by atoms with Crippen molar-refractivity contribution in [2.24, 2.45) is 5.92 Å². The highest BCUT2D eigenvalue weighted by Gasteiger charge is 2.26. The molecule has 0 amide bonds. The van der Waals surface area contributed by atoms with Crippen molar-refractivity contribution in [3.05, 3.63) is 35.9 Å². The lowest BCUT2D eigenvalue weighted by molar-refractivity contribution is 0.0730. The Morgan fingerprint density at radius 2 is 1.87 bits per heavy atom. The lowest BCUT2D eigenvalue weighted by atomic mass is 9.99. The summed E-state index contributed by atoms with van der Waals surface area (Å²) in [5.74, 6) is 0.878. The van der Waals surface area contributed by atoms with Crippen LogP contribution in [0.1, 0.15) is 5.56 Å². The van der Waals surface area contributed by atoms with Crippen LogP contribution in [0.2, 0.25) is 0 Å². The molecule has 1 aliphatic rings. The highest BCUT2D eigenvalue weighted by atomic mass is 15.2. The standard InChI is InChI=1S/C13H20N2/c1-14(2)8-13-10-15(11-13)9-12-6-4-3-5-7-12/h3-7,13H,8-11H2,1-2H3. The summed E-state index contributed by atoms with van der Waals surface area (Å²) in [6.07, 6.45) is 0. The molecule has 0 unspecified atom stereocenters. The Labute approximate surface area is 92.5 Å². The van der Waals surface area contributed by atoms with Gasteiger partial charge in [0.25, 0.3) is 0 Å². The molecule has 1 heterocycles. The predicted molar refractivity (Wildman–Crippen MR) is 63.8 cm³/mol. The minimum absolute atomic E-state index is 0.878. The van der Waals surface area contributed by atoms with E-state index < -0.39 is 0 Å². The van der Waals surface area contributed by atoms with Gasteiger partial charge in [0.15, 0.2) is 0 Å². The number of rotatable bonds is 4. The fourth-order valence-corrected chi connectivity index (χ4v) is 2.28. The Morgan fingerprint density at radius 3 is 2.47 bits per heavy atom. The Hall–Kier alpha value is -0.860. The van der Waals surface area contributed by atoms with Crippen LogP contribution < -0.4 is 0 Å². The van der Waals surface area contributed by atoms with Crippen LogP contribution in [0, 0.1) is 5.92 Å². The topological polar surface area (TPSA) is 6.48 Å². The summed E-state index contributed by atoms with van der Waals surface area (Å²) >= 11 is 0. The quantitative estimate of drug-likeness (QED) is 0.736. The first-order valence-electron chi connectivity index (χ1n) is 5.65. The smallest absolute Gasteiger partial charge is 0.0234 e. The lowest BCUT2D eigenvalue weighted by Gasteiger charge is -2.40. The minimum Gasteiger partial charge on any atom is -0.309 e. The second-order valence-corrected chi connectivity index (χ2v) is 4.81. The van der Waals surface area contributed by atoms with E-state index in [0.29, 0.717) is 0 Å². The van der Waals surface area contributed by atoms with Crippen molar-refractivity contribution in [3.8, 4) is 0 Å². The van der Waals surface area contributed by atoms with Crippen LogP contribution in [-0.2, 0) is 6.54 Å².